The zero-order valence-corrected chi connectivity index (χ0v) is 12.7. The molecule has 1 aromatic carbocycles. The molecule has 0 unspecified atom stereocenters. The Bertz CT molecular complexity index is 590. The first-order chi connectivity index (χ1) is 9.06. The van der Waals surface area contributed by atoms with E-state index >= 15 is 0 Å². The summed E-state index contributed by atoms with van der Waals surface area (Å²) in [5, 5.41) is 4.13. The van der Waals surface area contributed by atoms with Crippen molar-refractivity contribution in [1.29, 1.82) is 0 Å². The third-order valence-corrected chi connectivity index (χ3v) is 3.33. The summed E-state index contributed by atoms with van der Waals surface area (Å²) in [5.74, 6) is 0.863. The van der Waals surface area contributed by atoms with E-state index in [4.69, 9.17) is 10.2 Å². The van der Waals surface area contributed by atoms with Crippen LogP contribution >= 0.6 is 0 Å². The number of hydrogen-bond donors (Lipinski definition) is 1. The Morgan fingerprint density at radius 1 is 1.37 bits per heavy atom. The van der Waals surface area contributed by atoms with Crippen LogP contribution in [-0.2, 0) is 7.05 Å². The topological polar surface area (TPSA) is 53.1 Å². The molecule has 100 valence electrons. The molecule has 0 amide bonds. The van der Waals surface area contributed by atoms with Crippen molar-refractivity contribution in [2.75, 3.05) is 0 Å². The largest absolute Gasteiger partial charge is 0.547 e. The Morgan fingerprint density at radius 2 is 2.11 bits per heavy atom. The van der Waals surface area contributed by atoms with Gasteiger partial charge in [-0.3, -0.25) is 4.68 Å². The van der Waals surface area contributed by atoms with Crippen molar-refractivity contribution in [3.63, 3.8) is 0 Å². The van der Waals surface area contributed by atoms with Crippen LogP contribution in [0.4, 0.5) is 0 Å². The average Bonchev–Trinajstić information content (AvgIpc) is 2.74. The summed E-state index contributed by atoms with van der Waals surface area (Å²) >= 11 is 0. The number of nitrogens with two attached hydrogens (primary N) is 1. The molecule has 2 aromatic rings. The van der Waals surface area contributed by atoms with E-state index in [2.05, 4.69) is 18.2 Å². The van der Waals surface area contributed by atoms with Crippen LogP contribution in [0.3, 0.4) is 0 Å². The molecule has 5 heteroatoms. The molecule has 2 N–H and O–H groups in total. The second-order valence-corrected chi connectivity index (χ2v) is 7.04. The first kappa shape index (κ1) is 13.4. The first-order valence-electron chi connectivity index (χ1n) is 6.28. The van der Waals surface area contributed by atoms with Crippen LogP contribution in [0.5, 0.6) is 5.75 Å². The van der Waals surface area contributed by atoms with E-state index in [0.29, 0.717) is 5.70 Å². The summed E-state index contributed by atoms with van der Waals surface area (Å²) in [7, 11) is 0.737. The zero-order chi connectivity index (χ0) is 13.8. The molecule has 0 fully saturated rings. The van der Waals surface area contributed by atoms with Crippen molar-refractivity contribution in [3.8, 4) is 5.75 Å². The summed E-state index contributed by atoms with van der Waals surface area (Å²) < 4.78 is 7.66. The van der Waals surface area contributed by atoms with Gasteiger partial charge < -0.3 is 10.2 Å². The van der Waals surface area contributed by atoms with Crippen molar-refractivity contribution < 1.29 is 4.43 Å². The minimum absolute atomic E-state index is 0.693. The van der Waals surface area contributed by atoms with Crippen LogP contribution in [0.2, 0.25) is 13.1 Å². The van der Waals surface area contributed by atoms with E-state index in [-0.39, 0.29) is 0 Å². The number of nitrogens with zero attached hydrogens (tertiary/aromatic N) is 2. The fraction of sp³-hybridized carbons (Fsp3) is 0.214. The molecule has 0 spiro atoms. The molecule has 0 bridgehead atoms. The predicted molar refractivity (Wildman–Crippen MR) is 81.2 cm³/mol. The lowest BCUT2D eigenvalue weighted by atomic mass is 10.1. The Kier molecular flexibility index (Phi) is 4.06. The van der Waals surface area contributed by atoms with Gasteiger partial charge in [0.05, 0.1) is 6.20 Å². The SMILES string of the molecule is Cn1cc(/C=C(\N)c2ccccc2O[SiH](C)C)cn1. The zero-order valence-electron chi connectivity index (χ0n) is 11.5. The molecule has 0 radical (unpaired) electrons. The van der Waals surface area contributed by atoms with E-state index in [1.807, 2.05) is 43.6 Å². The summed E-state index contributed by atoms with van der Waals surface area (Å²) in [6.45, 7) is 4.27. The third-order valence-electron chi connectivity index (χ3n) is 2.61. The summed E-state index contributed by atoms with van der Waals surface area (Å²) in [6.07, 6.45) is 5.62. The van der Waals surface area contributed by atoms with E-state index in [9.17, 15) is 0 Å². The smallest absolute Gasteiger partial charge is 0.229 e. The standard InChI is InChI=1S/C14H19N3OSi/c1-17-10-11(9-16-17)8-13(15)12-6-4-5-7-14(12)18-19(2)3/h4-10,19H,15H2,1-3H3/b13-8-. The number of para-hydroxylation sites is 1. The van der Waals surface area contributed by atoms with Crippen LogP contribution in [0, 0.1) is 0 Å². The third kappa shape index (κ3) is 3.48. The molecule has 0 aliphatic carbocycles. The average molecular weight is 273 g/mol. The summed E-state index contributed by atoms with van der Waals surface area (Å²) in [4.78, 5) is 0. The maximum atomic E-state index is 6.17. The molecule has 4 nitrogen and oxygen atoms in total. The number of benzene rings is 1. The molecular formula is C14H19N3OSi. The molecule has 0 aliphatic rings. The molecule has 2 rings (SSSR count). The van der Waals surface area contributed by atoms with Crippen LogP contribution in [0.15, 0.2) is 36.7 Å². The number of aryl methyl sites for hydroxylation is 1. The number of rotatable bonds is 4. The van der Waals surface area contributed by atoms with Gasteiger partial charge in [0.25, 0.3) is 0 Å². The maximum Gasteiger partial charge on any atom is 0.229 e. The summed E-state index contributed by atoms with van der Waals surface area (Å²) in [6, 6.07) is 7.88. The van der Waals surface area contributed by atoms with Gasteiger partial charge >= 0.3 is 0 Å². The molecule has 0 aliphatic heterocycles. The van der Waals surface area contributed by atoms with E-state index in [0.717, 1.165) is 16.9 Å². The van der Waals surface area contributed by atoms with E-state index in [1.165, 1.54) is 0 Å². The Hall–Kier alpha value is -2.01. The van der Waals surface area contributed by atoms with Crippen molar-refractivity contribution >= 4 is 20.8 Å². The Balaban J connectivity index is 2.32. The van der Waals surface area contributed by atoms with Gasteiger partial charge in [-0.25, -0.2) is 0 Å². The quantitative estimate of drug-likeness (QED) is 0.869. The van der Waals surface area contributed by atoms with Gasteiger partial charge in [0.15, 0.2) is 0 Å². The molecular weight excluding hydrogens is 254 g/mol. The van der Waals surface area contributed by atoms with Crippen molar-refractivity contribution in [1.82, 2.24) is 9.78 Å². The second-order valence-electron chi connectivity index (χ2n) is 4.71. The molecule has 1 heterocycles. The van der Waals surface area contributed by atoms with E-state index < -0.39 is 9.04 Å². The lowest BCUT2D eigenvalue weighted by molar-refractivity contribution is 0.578. The fourth-order valence-corrected chi connectivity index (χ4v) is 2.55. The second kappa shape index (κ2) is 5.75. The number of hydrogen-bond acceptors (Lipinski definition) is 3. The highest BCUT2D eigenvalue weighted by Crippen LogP contribution is 2.24. The van der Waals surface area contributed by atoms with Gasteiger partial charge in [0.1, 0.15) is 5.75 Å². The number of aromatic nitrogens is 2. The normalized spacial score (nSPS) is 11.9. The van der Waals surface area contributed by atoms with Crippen LogP contribution in [0.25, 0.3) is 11.8 Å². The van der Waals surface area contributed by atoms with E-state index in [1.54, 1.807) is 10.9 Å². The van der Waals surface area contributed by atoms with Gasteiger partial charge in [-0.15, -0.1) is 0 Å². The van der Waals surface area contributed by atoms with Crippen LogP contribution < -0.4 is 10.2 Å². The minimum Gasteiger partial charge on any atom is -0.547 e. The minimum atomic E-state index is -1.15. The summed E-state index contributed by atoms with van der Waals surface area (Å²) in [5.41, 5.74) is 8.79. The fourth-order valence-electron chi connectivity index (χ4n) is 1.83. The van der Waals surface area contributed by atoms with Crippen molar-refractivity contribution in [3.05, 3.63) is 47.8 Å². The maximum absolute atomic E-state index is 6.17. The van der Waals surface area contributed by atoms with Crippen LogP contribution in [0.1, 0.15) is 11.1 Å². The highest BCUT2D eigenvalue weighted by molar-refractivity contribution is 6.49. The monoisotopic (exact) mass is 273 g/mol. The lowest BCUT2D eigenvalue weighted by Crippen LogP contribution is -2.13. The predicted octanol–water partition coefficient (Wildman–Crippen LogP) is 2.24. The van der Waals surface area contributed by atoms with Crippen molar-refractivity contribution in [2.24, 2.45) is 12.8 Å². The highest BCUT2D eigenvalue weighted by Gasteiger charge is 2.08. The molecule has 0 saturated carbocycles. The molecule has 0 saturated heterocycles. The van der Waals surface area contributed by atoms with Gasteiger partial charge in [0, 0.05) is 30.1 Å². The Labute approximate surface area is 115 Å². The van der Waals surface area contributed by atoms with Gasteiger partial charge in [-0.1, -0.05) is 12.1 Å². The van der Waals surface area contributed by atoms with Gasteiger partial charge in [-0.2, -0.15) is 5.10 Å². The highest BCUT2D eigenvalue weighted by atomic mass is 28.3. The Morgan fingerprint density at radius 3 is 2.74 bits per heavy atom. The first-order valence-corrected chi connectivity index (χ1v) is 9.06. The van der Waals surface area contributed by atoms with Crippen LogP contribution in [-0.4, -0.2) is 18.8 Å². The lowest BCUT2D eigenvalue weighted by Gasteiger charge is -2.14. The molecule has 19 heavy (non-hydrogen) atoms. The van der Waals surface area contributed by atoms with Gasteiger partial charge in [-0.05, 0) is 31.3 Å². The van der Waals surface area contributed by atoms with Crippen molar-refractivity contribution in [2.45, 2.75) is 13.1 Å². The molecule has 1 aromatic heterocycles. The van der Waals surface area contributed by atoms with Gasteiger partial charge in [0.2, 0.25) is 9.04 Å². The molecule has 0 atom stereocenters.